The van der Waals surface area contributed by atoms with Crippen LogP contribution in [-0.4, -0.2) is 17.0 Å². The van der Waals surface area contributed by atoms with Crippen LogP contribution in [-0.2, 0) is 6.61 Å². The summed E-state index contributed by atoms with van der Waals surface area (Å²) < 4.78 is 6.51. The molecule has 0 aromatic heterocycles. The predicted molar refractivity (Wildman–Crippen MR) is 118 cm³/mol. The molecule has 3 aromatic carbocycles. The Bertz CT molecular complexity index is 1100. The number of non-ortho nitro benzene ring substituents is 1. The molecule has 0 spiro atoms. The maximum atomic E-state index is 12.0. The molecule has 0 aliphatic rings. The van der Waals surface area contributed by atoms with Gasteiger partial charge in [-0.2, -0.15) is 5.10 Å². The minimum atomic E-state index is -0.528. The van der Waals surface area contributed by atoms with Gasteiger partial charge in [0, 0.05) is 28.3 Å². The highest BCUT2D eigenvalue weighted by molar-refractivity contribution is 9.10. The fourth-order valence-electron chi connectivity index (χ4n) is 2.45. The molecule has 0 aliphatic heterocycles. The summed E-state index contributed by atoms with van der Waals surface area (Å²) in [5.74, 6) is 0.168. The van der Waals surface area contributed by atoms with Crippen molar-refractivity contribution in [1.82, 2.24) is 5.43 Å². The second-order valence-electron chi connectivity index (χ2n) is 6.07. The van der Waals surface area contributed by atoms with Crippen molar-refractivity contribution < 1.29 is 14.5 Å². The van der Waals surface area contributed by atoms with Crippen molar-refractivity contribution in [3.8, 4) is 5.75 Å². The molecule has 1 N–H and O–H groups in total. The van der Waals surface area contributed by atoms with Crippen LogP contribution in [0.1, 0.15) is 21.5 Å². The Kier molecular flexibility index (Phi) is 7.16. The molecule has 152 valence electrons. The average molecular weight is 489 g/mol. The lowest BCUT2D eigenvalue weighted by molar-refractivity contribution is -0.384. The third-order valence-electron chi connectivity index (χ3n) is 4.02. The fourth-order valence-corrected chi connectivity index (χ4v) is 3.15. The van der Waals surface area contributed by atoms with Crippen LogP contribution in [0.15, 0.2) is 76.3 Å². The summed E-state index contributed by atoms with van der Waals surface area (Å²) in [6.07, 6.45) is 1.48. The van der Waals surface area contributed by atoms with Gasteiger partial charge in [0.2, 0.25) is 0 Å². The average Bonchev–Trinajstić information content (AvgIpc) is 2.74. The summed E-state index contributed by atoms with van der Waals surface area (Å²) in [4.78, 5) is 22.2. The molecule has 0 fully saturated rings. The molecule has 0 bridgehead atoms. The van der Waals surface area contributed by atoms with E-state index >= 15 is 0 Å². The predicted octanol–water partition coefficient (Wildman–Crippen LogP) is 5.35. The summed E-state index contributed by atoms with van der Waals surface area (Å²) in [6, 6.07) is 18.1. The quantitative estimate of drug-likeness (QED) is 0.275. The van der Waals surface area contributed by atoms with Crippen molar-refractivity contribution >= 4 is 45.3 Å². The van der Waals surface area contributed by atoms with Crippen molar-refractivity contribution in [3.05, 3.63) is 103 Å². The summed E-state index contributed by atoms with van der Waals surface area (Å²) in [7, 11) is 0. The number of hydrogen-bond acceptors (Lipinski definition) is 5. The molecule has 9 heteroatoms. The first-order valence-corrected chi connectivity index (χ1v) is 9.85. The molecule has 0 atom stereocenters. The summed E-state index contributed by atoms with van der Waals surface area (Å²) in [5, 5.41) is 15.2. The van der Waals surface area contributed by atoms with Gasteiger partial charge in [-0.15, -0.1) is 0 Å². The SMILES string of the molecule is O=C(N/N=C/c1ccc(OCc2ccccc2Cl)c(Br)c1)c1ccc([N+](=O)[O-])cc1. The number of carbonyl (C=O) groups is 1. The molecule has 0 aliphatic carbocycles. The van der Waals surface area contributed by atoms with Crippen LogP contribution in [0.5, 0.6) is 5.75 Å². The lowest BCUT2D eigenvalue weighted by Crippen LogP contribution is -2.17. The Balaban J connectivity index is 1.58. The first kappa shape index (κ1) is 21.5. The summed E-state index contributed by atoms with van der Waals surface area (Å²) >= 11 is 9.58. The normalized spacial score (nSPS) is 10.7. The van der Waals surface area contributed by atoms with E-state index in [-0.39, 0.29) is 11.3 Å². The van der Waals surface area contributed by atoms with E-state index in [1.54, 1.807) is 24.3 Å². The van der Waals surface area contributed by atoms with Crippen LogP contribution in [0.3, 0.4) is 0 Å². The van der Waals surface area contributed by atoms with Gasteiger partial charge in [0.1, 0.15) is 12.4 Å². The van der Waals surface area contributed by atoms with Gasteiger partial charge >= 0.3 is 0 Å². The number of ether oxygens (including phenoxy) is 1. The van der Waals surface area contributed by atoms with E-state index in [0.29, 0.717) is 17.4 Å². The minimum absolute atomic E-state index is 0.0863. The van der Waals surface area contributed by atoms with Crippen molar-refractivity contribution in [2.75, 3.05) is 0 Å². The number of hydrogen-bond donors (Lipinski definition) is 1. The van der Waals surface area contributed by atoms with Crippen LogP contribution >= 0.6 is 27.5 Å². The highest BCUT2D eigenvalue weighted by Gasteiger charge is 2.09. The Labute approximate surface area is 185 Å². The monoisotopic (exact) mass is 487 g/mol. The number of rotatable bonds is 7. The van der Waals surface area contributed by atoms with Gasteiger partial charge in [0.25, 0.3) is 11.6 Å². The van der Waals surface area contributed by atoms with Gasteiger partial charge in [0.15, 0.2) is 0 Å². The minimum Gasteiger partial charge on any atom is -0.488 e. The Hall–Kier alpha value is -3.23. The zero-order valence-corrected chi connectivity index (χ0v) is 17.8. The number of carbonyl (C=O) groups excluding carboxylic acids is 1. The maximum absolute atomic E-state index is 12.0. The van der Waals surface area contributed by atoms with E-state index in [9.17, 15) is 14.9 Å². The molecule has 0 heterocycles. The third-order valence-corrected chi connectivity index (χ3v) is 5.01. The fraction of sp³-hybridized carbons (Fsp3) is 0.0476. The van der Waals surface area contributed by atoms with Gasteiger partial charge in [-0.25, -0.2) is 5.43 Å². The number of nitrogens with zero attached hydrogens (tertiary/aromatic N) is 2. The first-order chi connectivity index (χ1) is 14.4. The molecule has 3 aromatic rings. The molecule has 7 nitrogen and oxygen atoms in total. The number of nitro groups is 1. The van der Waals surface area contributed by atoms with E-state index in [1.165, 1.54) is 30.5 Å². The molecule has 30 heavy (non-hydrogen) atoms. The van der Waals surface area contributed by atoms with Gasteiger partial charge in [-0.1, -0.05) is 29.8 Å². The largest absolute Gasteiger partial charge is 0.488 e. The van der Waals surface area contributed by atoms with E-state index in [4.69, 9.17) is 16.3 Å². The second kappa shape index (κ2) is 10.00. The van der Waals surface area contributed by atoms with Crippen molar-refractivity contribution in [1.29, 1.82) is 0 Å². The maximum Gasteiger partial charge on any atom is 0.271 e. The lowest BCUT2D eigenvalue weighted by Gasteiger charge is -2.10. The standard InChI is InChI=1S/C21H15BrClN3O4/c22-18-11-14(5-10-20(18)30-13-16-3-1-2-4-19(16)23)12-24-25-21(27)15-6-8-17(9-7-15)26(28)29/h1-12H,13H2,(H,25,27)/b24-12+. The topological polar surface area (TPSA) is 93.8 Å². The second-order valence-corrected chi connectivity index (χ2v) is 7.33. The number of amides is 1. The number of hydrazone groups is 1. The van der Waals surface area contributed by atoms with Crippen LogP contribution in [0.2, 0.25) is 5.02 Å². The number of nitro benzene ring substituents is 1. The smallest absolute Gasteiger partial charge is 0.271 e. The lowest BCUT2D eigenvalue weighted by atomic mass is 10.2. The van der Waals surface area contributed by atoms with E-state index in [1.807, 2.05) is 18.2 Å². The molecule has 0 unspecified atom stereocenters. The van der Waals surface area contributed by atoms with Crippen molar-refractivity contribution in [2.24, 2.45) is 5.10 Å². The Morgan fingerprint density at radius 1 is 1.17 bits per heavy atom. The molecule has 0 radical (unpaired) electrons. The summed E-state index contributed by atoms with van der Waals surface area (Å²) in [5.41, 5.74) is 4.17. The summed E-state index contributed by atoms with van der Waals surface area (Å²) in [6.45, 7) is 0.330. The van der Waals surface area contributed by atoms with Gasteiger partial charge in [0.05, 0.1) is 15.6 Å². The molecular weight excluding hydrogens is 474 g/mol. The van der Waals surface area contributed by atoms with Gasteiger partial charge in [-0.05, 0) is 57.9 Å². The zero-order valence-electron chi connectivity index (χ0n) is 15.4. The van der Waals surface area contributed by atoms with Crippen LogP contribution < -0.4 is 10.2 Å². The van der Waals surface area contributed by atoms with E-state index in [0.717, 1.165) is 15.6 Å². The van der Waals surface area contributed by atoms with E-state index < -0.39 is 10.8 Å². The first-order valence-electron chi connectivity index (χ1n) is 8.67. The van der Waals surface area contributed by atoms with Crippen molar-refractivity contribution in [3.63, 3.8) is 0 Å². The Morgan fingerprint density at radius 3 is 2.57 bits per heavy atom. The Morgan fingerprint density at radius 2 is 1.90 bits per heavy atom. The number of nitrogens with one attached hydrogen (secondary N) is 1. The van der Waals surface area contributed by atoms with Crippen molar-refractivity contribution in [2.45, 2.75) is 6.61 Å². The van der Waals surface area contributed by atoms with Gasteiger partial charge < -0.3 is 4.74 Å². The zero-order chi connectivity index (χ0) is 21.5. The molecule has 3 rings (SSSR count). The molecule has 0 saturated carbocycles. The van der Waals surface area contributed by atoms with Gasteiger partial charge in [-0.3, -0.25) is 14.9 Å². The highest BCUT2D eigenvalue weighted by Crippen LogP contribution is 2.27. The molecular formula is C21H15BrClN3O4. The molecule has 1 amide bonds. The van der Waals surface area contributed by atoms with E-state index in [2.05, 4.69) is 26.5 Å². The van der Waals surface area contributed by atoms with Crippen LogP contribution in [0.25, 0.3) is 0 Å². The van der Waals surface area contributed by atoms with Crippen LogP contribution in [0, 0.1) is 10.1 Å². The molecule has 0 saturated heterocycles. The number of benzene rings is 3. The highest BCUT2D eigenvalue weighted by atomic mass is 79.9. The number of halogens is 2. The van der Waals surface area contributed by atoms with Crippen LogP contribution in [0.4, 0.5) is 5.69 Å². The third kappa shape index (κ3) is 5.65.